The summed E-state index contributed by atoms with van der Waals surface area (Å²) in [5.41, 5.74) is 1.06. The molecule has 0 saturated carbocycles. The van der Waals surface area contributed by atoms with Crippen molar-refractivity contribution in [3.8, 4) is 0 Å². The molecule has 1 fully saturated rings. The van der Waals surface area contributed by atoms with Crippen molar-refractivity contribution in [2.24, 2.45) is 0 Å². The summed E-state index contributed by atoms with van der Waals surface area (Å²) in [6.45, 7) is 3.02. The minimum Gasteiger partial charge on any atom is -0.298 e. The van der Waals surface area contributed by atoms with Crippen molar-refractivity contribution in [2.75, 3.05) is 13.6 Å². The van der Waals surface area contributed by atoms with Crippen molar-refractivity contribution in [1.29, 1.82) is 0 Å². The Morgan fingerprint density at radius 3 is 2.86 bits per heavy atom. The Hall–Kier alpha value is -0.670. The van der Waals surface area contributed by atoms with Crippen molar-refractivity contribution < 1.29 is 0 Å². The molecule has 1 aromatic heterocycles. The van der Waals surface area contributed by atoms with E-state index in [1.807, 2.05) is 13.0 Å². The molecule has 0 spiro atoms. The summed E-state index contributed by atoms with van der Waals surface area (Å²) in [6, 6.07) is 2.30. The van der Waals surface area contributed by atoms with E-state index in [-0.39, 0.29) is 0 Å². The molecular weight excluding hydrogens is 198 g/mol. The van der Waals surface area contributed by atoms with E-state index >= 15 is 0 Å². The smallest absolute Gasteiger partial charge is 0.133 e. The van der Waals surface area contributed by atoms with Gasteiger partial charge in [0.25, 0.3) is 0 Å². The molecule has 0 N–H and O–H groups in total. The topological polar surface area (TPSA) is 29.0 Å². The van der Waals surface area contributed by atoms with Gasteiger partial charge in [-0.05, 0) is 39.4 Å². The second-order valence-corrected chi connectivity index (χ2v) is 4.19. The molecule has 14 heavy (non-hydrogen) atoms. The highest BCUT2D eigenvalue weighted by molar-refractivity contribution is 6.29. The van der Waals surface area contributed by atoms with Crippen LogP contribution < -0.4 is 0 Å². The SMILES string of the molecule is Cc1nc(Cl)cc(C2CCCN2C)n1. The maximum absolute atomic E-state index is 5.91. The van der Waals surface area contributed by atoms with E-state index in [1.54, 1.807) is 0 Å². The highest BCUT2D eigenvalue weighted by atomic mass is 35.5. The summed E-state index contributed by atoms with van der Waals surface area (Å²) in [5, 5.41) is 0.549. The standard InChI is InChI=1S/C10H14ClN3/c1-7-12-8(6-10(11)13-7)9-4-3-5-14(9)2/h6,9H,3-5H2,1-2H3. The highest BCUT2D eigenvalue weighted by Gasteiger charge is 2.24. The van der Waals surface area contributed by atoms with Crippen LogP contribution in [0.25, 0.3) is 0 Å². The lowest BCUT2D eigenvalue weighted by Crippen LogP contribution is -2.18. The van der Waals surface area contributed by atoms with Gasteiger partial charge in [-0.15, -0.1) is 0 Å². The van der Waals surface area contributed by atoms with E-state index in [9.17, 15) is 0 Å². The predicted octanol–water partition coefficient (Wildman–Crippen LogP) is 2.21. The lowest BCUT2D eigenvalue weighted by molar-refractivity contribution is 0.311. The first kappa shape index (κ1) is 9.87. The number of likely N-dealkylation sites (tertiary alicyclic amines) is 1. The number of hydrogen-bond acceptors (Lipinski definition) is 3. The maximum atomic E-state index is 5.91. The Kier molecular flexibility index (Phi) is 2.70. The van der Waals surface area contributed by atoms with E-state index in [4.69, 9.17) is 11.6 Å². The molecule has 0 aliphatic carbocycles. The number of hydrogen-bond donors (Lipinski definition) is 0. The van der Waals surface area contributed by atoms with Crippen LogP contribution in [-0.2, 0) is 0 Å². The Balaban J connectivity index is 2.31. The van der Waals surface area contributed by atoms with Gasteiger partial charge in [-0.2, -0.15) is 0 Å². The largest absolute Gasteiger partial charge is 0.298 e. The van der Waals surface area contributed by atoms with Crippen LogP contribution in [0.2, 0.25) is 5.15 Å². The first-order valence-electron chi connectivity index (χ1n) is 4.88. The molecule has 76 valence electrons. The molecule has 3 nitrogen and oxygen atoms in total. The zero-order chi connectivity index (χ0) is 10.1. The Morgan fingerprint density at radius 1 is 1.50 bits per heavy atom. The van der Waals surface area contributed by atoms with Gasteiger partial charge >= 0.3 is 0 Å². The van der Waals surface area contributed by atoms with Crippen molar-refractivity contribution in [1.82, 2.24) is 14.9 Å². The third kappa shape index (κ3) is 1.88. The van der Waals surface area contributed by atoms with Gasteiger partial charge in [-0.25, -0.2) is 9.97 Å². The van der Waals surface area contributed by atoms with E-state index in [1.165, 1.54) is 12.8 Å². The summed E-state index contributed by atoms with van der Waals surface area (Å²) in [7, 11) is 2.13. The molecule has 1 aliphatic rings. The quantitative estimate of drug-likeness (QED) is 0.667. The van der Waals surface area contributed by atoms with E-state index in [0.29, 0.717) is 11.2 Å². The van der Waals surface area contributed by atoms with Crippen molar-refractivity contribution in [3.05, 3.63) is 22.7 Å². The van der Waals surface area contributed by atoms with Crippen LogP contribution in [0.15, 0.2) is 6.07 Å². The molecule has 2 heterocycles. The maximum Gasteiger partial charge on any atom is 0.133 e. The fourth-order valence-corrected chi connectivity index (χ4v) is 2.24. The van der Waals surface area contributed by atoms with Crippen LogP contribution in [0.3, 0.4) is 0 Å². The summed E-state index contributed by atoms with van der Waals surface area (Å²) in [5.74, 6) is 0.757. The van der Waals surface area contributed by atoms with Crippen LogP contribution in [0.1, 0.15) is 30.4 Å². The molecule has 1 aliphatic heterocycles. The number of aryl methyl sites for hydroxylation is 1. The normalized spacial score (nSPS) is 22.9. The minimum absolute atomic E-state index is 0.425. The number of aromatic nitrogens is 2. The van der Waals surface area contributed by atoms with Crippen LogP contribution in [-0.4, -0.2) is 28.5 Å². The molecule has 4 heteroatoms. The number of rotatable bonds is 1. The van der Waals surface area contributed by atoms with Crippen LogP contribution >= 0.6 is 11.6 Å². The average Bonchev–Trinajstić information content (AvgIpc) is 2.49. The first-order valence-corrected chi connectivity index (χ1v) is 5.26. The van der Waals surface area contributed by atoms with E-state index in [0.717, 1.165) is 18.1 Å². The first-order chi connectivity index (χ1) is 6.66. The van der Waals surface area contributed by atoms with Gasteiger partial charge in [0.2, 0.25) is 0 Å². The van der Waals surface area contributed by atoms with Gasteiger partial charge in [0.1, 0.15) is 11.0 Å². The van der Waals surface area contributed by atoms with Gasteiger partial charge in [0.15, 0.2) is 0 Å². The summed E-state index contributed by atoms with van der Waals surface area (Å²) in [6.07, 6.45) is 2.41. The van der Waals surface area contributed by atoms with Crippen LogP contribution in [0, 0.1) is 6.92 Å². The molecule has 0 aromatic carbocycles. The predicted molar refractivity (Wildman–Crippen MR) is 56.4 cm³/mol. The lowest BCUT2D eigenvalue weighted by atomic mass is 10.1. The van der Waals surface area contributed by atoms with Crippen molar-refractivity contribution in [2.45, 2.75) is 25.8 Å². The molecule has 0 bridgehead atoms. The van der Waals surface area contributed by atoms with Gasteiger partial charge in [0.05, 0.1) is 11.7 Å². The lowest BCUT2D eigenvalue weighted by Gasteiger charge is -2.18. The van der Waals surface area contributed by atoms with Gasteiger partial charge in [-0.3, -0.25) is 4.90 Å². The second-order valence-electron chi connectivity index (χ2n) is 3.80. The van der Waals surface area contributed by atoms with Gasteiger partial charge < -0.3 is 0 Å². The minimum atomic E-state index is 0.425. The molecule has 1 aromatic rings. The molecule has 0 amide bonds. The summed E-state index contributed by atoms with van der Waals surface area (Å²) >= 11 is 5.91. The molecule has 1 saturated heterocycles. The highest BCUT2D eigenvalue weighted by Crippen LogP contribution is 2.29. The molecule has 1 unspecified atom stereocenters. The van der Waals surface area contributed by atoms with Crippen LogP contribution in [0.5, 0.6) is 0 Å². The molecule has 0 radical (unpaired) electrons. The third-order valence-corrected chi connectivity index (χ3v) is 2.88. The number of nitrogens with zero attached hydrogens (tertiary/aromatic N) is 3. The monoisotopic (exact) mass is 211 g/mol. The fraction of sp³-hybridized carbons (Fsp3) is 0.600. The molecule has 2 rings (SSSR count). The average molecular weight is 212 g/mol. The van der Waals surface area contributed by atoms with E-state index < -0.39 is 0 Å². The summed E-state index contributed by atoms with van der Waals surface area (Å²) < 4.78 is 0. The third-order valence-electron chi connectivity index (χ3n) is 2.69. The Bertz CT molecular complexity index is 320. The van der Waals surface area contributed by atoms with E-state index in [2.05, 4.69) is 21.9 Å². The van der Waals surface area contributed by atoms with Gasteiger partial charge in [0, 0.05) is 0 Å². The van der Waals surface area contributed by atoms with Crippen molar-refractivity contribution in [3.63, 3.8) is 0 Å². The Morgan fingerprint density at radius 2 is 2.29 bits per heavy atom. The molecular formula is C10H14ClN3. The van der Waals surface area contributed by atoms with Gasteiger partial charge in [-0.1, -0.05) is 11.6 Å². The van der Waals surface area contributed by atoms with Crippen LogP contribution in [0.4, 0.5) is 0 Å². The van der Waals surface area contributed by atoms with Crippen molar-refractivity contribution >= 4 is 11.6 Å². The Labute approximate surface area is 89.1 Å². The summed E-state index contributed by atoms with van der Waals surface area (Å²) in [4.78, 5) is 10.8. The zero-order valence-electron chi connectivity index (χ0n) is 8.50. The zero-order valence-corrected chi connectivity index (χ0v) is 9.25. The molecule has 1 atom stereocenters. The fourth-order valence-electron chi connectivity index (χ4n) is 2.01. The second kappa shape index (κ2) is 3.83. The number of halogens is 1.